The molecule has 0 nitrogen and oxygen atoms in total. The van der Waals surface area contributed by atoms with E-state index in [0.29, 0.717) is 0 Å². The third-order valence-corrected chi connectivity index (χ3v) is 4.11. The summed E-state index contributed by atoms with van der Waals surface area (Å²) in [5, 5.41) is 0. The summed E-state index contributed by atoms with van der Waals surface area (Å²) in [5.74, 6) is 4.86. The van der Waals surface area contributed by atoms with Crippen LogP contribution in [0.1, 0.15) is 32.1 Å². The molecule has 0 radical (unpaired) electrons. The first kappa shape index (κ1) is 4.76. The molecule has 50 valence electrons. The first-order valence-corrected chi connectivity index (χ1v) is 4.45. The Kier molecular flexibility index (Phi) is 0.717. The Morgan fingerprint density at radius 3 is 1.56 bits per heavy atom. The van der Waals surface area contributed by atoms with E-state index in [1.54, 1.807) is 32.1 Å². The Morgan fingerprint density at radius 1 is 0.667 bits per heavy atom. The van der Waals surface area contributed by atoms with Gasteiger partial charge >= 0.3 is 0 Å². The lowest BCUT2D eigenvalue weighted by atomic mass is 9.66. The van der Waals surface area contributed by atoms with E-state index in [-0.39, 0.29) is 0 Å². The molecular weight excluding hydrogens is 108 g/mol. The van der Waals surface area contributed by atoms with Crippen LogP contribution in [0.5, 0.6) is 0 Å². The van der Waals surface area contributed by atoms with E-state index < -0.39 is 0 Å². The van der Waals surface area contributed by atoms with Crippen molar-refractivity contribution in [3.8, 4) is 0 Å². The molecule has 0 aromatic carbocycles. The Bertz CT molecular complexity index is 119. The lowest BCUT2D eigenvalue weighted by Gasteiger charge is -2.40. The molecule has 0 aliphatic heterocycles. The third kappa shape index (κ3) is 0.426. The predicted octanol–water partition coefficient (Wildman–Crippen LogP) is 2.44. The fraction of sp³-hybridized carbons (Fsp3) is 1.00. The second-order valence-electron chi connectivity index (χ2n) is 4.24. The maximum Gasteiger partial charge on any atom is -0.0355 e. The van der Waals surface area contributed by atoms with Gasteiger partial charge in [-0.1, -0.05) is 0 Å². The highest BCUT2D eigenvalue weighted by molar-refractivity contribution is 5.01. The van der Waals surface area contributed by atoms with Gasteiger partial charge in [0.25, 0.3) is 0 Å². The van der Waals surface area contributed by atoms with Gasteiger partial charge in [0.2, 0.25) is 0 Å². The summed E-state index contributed by atoms with van der Waals surface area (Å²) in [6.45, 7) is 0. The van der Waals surface area contributed by atoms with Crippen LogP contribution in [0.4, 0.5) is 0 Å². The number of fused-ring (bicyclic) bond motifs is 5. The monoisotopic (exact) mass is 122 g/mol. The number of hydrogen-bond donors (Lipinski definition) is 0. The van der Waals surface area contributed by atoms with Gasteiger partial charge in [-0.2, -0.15) is 0 Å². The van der Waals surface area contributed by atoms with E-state index in [0.717, 1.165) is 0 Å². The Hall–Kier alpha value is 0. The van der Waals surface area contributed by atoms with Gasteiger partial charge < -0.3 is 0 Å². The zero-order valence-electron chi connectivity index (χ0n) is 5.84. The lowest BCUT2D eigenvalue weighted by Crippen LogP contribution is -2.31. The van der Waals surface area contributed by atoms with E-state index in [9.17, 15) is 0 Å². The quantitative estimate of drug-likeness (QED) is 0.463. The molecule has 0 aromatic rings. The van der Waals surface area contributed by atoms with Crippen molar-refractivity contribution in [2.75, 3.05) is 0 Å². The number of hydrogen-bond acceptors (Lipinski definition) is 0. The van der Waals surface area contributed by atoms with E-state index in [4.69, 9.17) is 0 Å². The van der Waals surface area contributed by atoms with Crippen molar-refractivity contribution < 1.29 is 0 Å². The van der Waals surface area contributed by atoms with E-state index >= 15 is 0 Å². The van der Waals surface area contributed by atoms with Crippen molar-refractivity contribution in [3.05, 3.63) is 0 Å². The van der Waals surface area contributed by atoms with Gasteiger partial charge in [-0.3, -0.25) is 0 Å². The minimum Gasteiger partial charge on any atom is -0.0499 e. The SMILES string of the molecule is C1C[C@H]2CC1[C@@H]1CC[C@H]21. The highest BCUT2D eigenvalue weighted by Crippen LogP contribution is 2.60. The van der Waals surface area contributed by atoms with Crippen LogP contribution >= 0.6 is 0 Å². The molecule has 3 saturated carbocycles. The zero-order valence-corrected chi connectivity index (χ0v) is 5.84. The van der Waals surface area contributed by atoms with Crippen molar-refractivity contribution in [2.24, 2.45) is 23.7 Å². The van der Waals surface area contributed by atoms with Gasteiger partial charge in [0.15, 0.2) is 0 Å². The molecular formula is C9H14. The standard InChI is InChI=1S/C9H14/c1-2-7-5-6(1)8-3-4-9(7)8/h6-9H,1-5H2/t6-,7?,8+,9-/m0/s1. The van der Waals surface area contributed by atoms with Gasteiger partial charge in [0, 0.05) is 0 Å². The molecule has 3 fully saturated rings. The second kappa shape index (κ2) is 1.36. The highest BCUT2D eigenvalue weighted by Gasteiger charge is 2.51. The Balaban J connectivity index is 1.94. The molecule has 0 aromatic heterocycles. The summed E-state index contributed by atoms with van der Waals surface area (Å²) in [6.07, 6.45) is 7.98. The number of rotatable bonds is 0. The lowest BCUT2D eigenvalue weighted by molar-refractivity contribution is 0.103. The van der Waals surface area contributed by atoms with Crippen molar-refractivity contribution in [1.82, 2.24) is 0 Å². The minimum atomic E-state index is 1.20. The van der Waals surface area contributed by atoms with Gasteiger partial charge in [0.1, 0.15) is 0 Å². The van der Waals surface area contributed by atoms with Crippen LogP contribution in [0.25, 0.3) is 0 Å². The molecule has 3 rings (SSSR count). The molecule has 4 atom stereocenters. The average molecular weight is 122 g/mol. The maximum absolute atomic E-state index is 1.62. The van der Waals surface area contributed by atoms with Gasteiger partial charge in [-0.25, -0.2) is 0 Å². The summed E-state index contributed by atoms with van der Waals surface area (Å²) in [7, 11) is 0. The molecule has 3 aliphatic carbocycles. The van der Waals surface area contributed by atoms with Crippen LogP contribution < -0.4 is 0 Å². The summed E-state index contributed by atoms with van der Waals surface area (Å²) >= 11 is 0. The van der Waals surface area contributed by atoms with Crippen molar-refractivity contribution >= 4 is 0 Å². The van der Waals surface area contributed by atoms with E-state index in [1.807, 2.05) is 0 Å². The molecule has 3 aliphatic rings. The summed E-state index contributed by atoms with van der Waals surface area (Å²) in [5.41, 5.74) is 0. The molecule has 0 heterocycles. The van der Waals surface area contributed by atoms with Crippen molar-refractivity contribution in [3.63, 3.8) is 0 Å². The van der Waals surface area contributed by atoms with Crippen LogP contribution in [0.15, 0.2) is 0 Å². The summed E-state index contributed by atoms with van der Waals surface area (Å²) in [6, 6.07) is 0. The smallest absolute Gasteiger partial charge is 0.0355 e. The van der Waals surface area contributed by atoms with Crippen LogP contribution in [-0.4, -0.2) is 0 Å². The van der Waals surface area contributed by atoms with Gasteiger partial charge in [-0.05, 0) is 55.8 Å². The molecule has 2 bridgehead atoms. The van der Waals surface area contributed by atoms with Crippen molar-refractivity contribution in [1.29, 1.82) is 0 Å². The van der Waals surface area contributed by atoms with Crippen LogP contribution in [-0.2, 0) is 0 Å². The fourth-order valence-electron chi connectivity index (χ4n) is 3.55. The molecule has 0 heteroatoms. The second-order valence-corrected chi connectivity index (χ2v) is 4.24. The minimum absolute atomic E-state index is 1.20. The maximum atomic E-state index is 1.62. The largest absolute Gasteiger partial charge is 0.0499 e. The highest BCUT2D eigenvalue weighted by atomic mass is 14.6. The van der Waals surface area contributed by atoms with E-state index in [1.165, 1.54) is 23.7 Å². The fourth-order valence-corrected chi connectivity index (χ4v) is 3.55. The van der Waals surface area contributed by atoms with Gasteiger partial charge in [-0.15, -0.1) is 0 Å². The first-order valence-electron chi connectivity index (χ1n) is 4.45. The molecule has 0 spiro atoms. The normalized spacial score (nSPS) is 61.3. The first-order chi connectivity index (χ1) is 4.45. The zero-order chi connectivity index (χ0) is 5.84. The van der Waals surface area contributed by atoms with Crippen LogP contribution in [0, 0.1) is 23.7 Å². The summed E-state index contributed by atoms with van der Waals surface area (Å²) < 4.78 is 0. The van der Waals surface area contributed by atoms with Crippen LogP contribution in [0.3, 0.4) is 0 Å². The molecule has 0 N–H and O–H groups in total. The Morgan fingerprint density at radius 2 is 1.22 bits per heavy atom. The molecule has 1 unspecified atom stereocenters. The van der Waals surface area contributed by atoms with Crippen molar-refractivity contribution in [2.45, 2.75) is 32.1 Å². The molecule has 0 saturated heterocycles. The Labute approximate surface area is 56.6 Å². The average Bonchev–Trinajstić information content (AvgIpc) is 2.18. The predicted molar refractivity (Wildman–Crippen MR) is 37.0 cm³/mol. The van der Waals surface area contributed by atoms with E-state index in [2.05, 4.69) is 0 Å². The summed E-state index contributed by atoms with van der Waals surface area (Å²) in [4.78, 5) is 0. The topological polar surface area (TPSA) is 0 Å². The molecule has 0 amide bonds. The van der Waals surface area contributed by atoms with Gasteiger partial charge in [0.05, 0.1) is 0 Å². The van der Waals surface area contributed by atoms with Crippen LogP contribution in [0.2, 0.25) is 0 Å². The third-order valence-electron chi connectivity index (χ3n) is 4.11. The molecule has 9 heavy (non-hydrogen) atoms.